The highest BCUT2D eigenvalue weighted by molar-refractivity contribution is 7.80. The molecule has 0 aromatic carbocycles. The minimum atomic E-state index is -0.318. The van der Waals surface area contributed by atoms with Gasteiger partial charge in [-0.2, -0.15) is 0 Å². The smallest absolute Gasteiger partial charge is 0.219 e. The number of thiocarbonyl (C=S) groups is 1. The molecule has 0 aliphatic rings. The van der Waals surface area contributed by atoms with Gasteiger partial charge in [-0.15, -0.1) is 0 Å². The third kappa shape index (κ3) is 7.79. The van der Waals surface area contributed by atoms with Gasteiger partial charge < -0.3 is 16.4 Å². The first-order chi connectivity index (χ1) is 6.56. The van der Waals surface area contributed by atoms with E-state index in [0.29, 0.717) is 11.5 Å². The van der Waals surface area contributed by atoms with Gasteiger partial charge in [0.05, 0.1) is 0 Å². The van der Waals surface area contributed by atoms with E-state index in [1.165, 1.54) is 0 Å². The lowest BCUT2D eigenvalue weighted by atomic mass is 10.2. The second-order valence-corrected chi connectivity index (χ2v) is 3.73. The zero-order valence-corrected chi connectivity index (χ0v) is 9.62. The summed E-state index contributed by atoms with van der Waals surface area (Å²) in [6, 6.07) is -0.00544. The molecule has 0 aliphatic heterocycles. The number of unbranched alkanes of at least 4 members (excludes halogenated alkanes) is 1. The molecule has 0 aromatic rings. The first-order valence-electron chi connectivity index (χ1n) is 4.89. The highest BCUT2D eigenvalue weighted by Crippen LogP contribution is 1.89. The van der Waals surface area contributed by atoms with E-state index >= 15 is 0 Å². The highest BCUT2D eigenvalue weighted by Gasteiger charge is 2.06. The molecule has 0 radical (unpaired) electrons. The molecule has 14 heavy (non-hydrogen) atoms. The third-order valence-corrected chi connectivity index (χ3v) is 1.96. The molecule has 4 nitrogen and oxygen atoms in total. The van der Waals surface area contributed by atoms with Gasteiger partial charge in [-0.1, -0.05) is 13.3 Å². The molecule has 0 aromatic heterocycles. The second-order valence-electron chi connectivity index (χ2n) is 3.33. The molecule has 82 valence electrons. The van der Waals surface area contributed by atoms with Gasteiger partial charge in [-0.05, 0) is 25.6 Å². The van der Waals surface area contributed by atoms with Gasteiger partial charge in [0.25, 0.3) is 0 Å². The molecule has 0 saturated heterocycles. The lowest BCUT2D eigenvalue weighted by Crippen LogP contribution is -2.42. The molecule has 0 aliphatic carbocycles. The summed E-state index contributed by atoms with van der Waals surface area (Å²) in [4.78, 5) is 10.6. The maximum Gasteiger partial charge on any atom is 0.219 e. The van der Waals surface area contributed by atoms with Gasteiger partial charge in [-0.25, -0.2) is 0 Å². The third-order valence-electron chi connectivity index (χ3n) is 1.70. The number of nitrogens with two attached hydrogens (primary N) is 1. The Morgan fingerprint density at radius 3 is 2.71 bits per heavy atom. The Kier molecular flexibility index (Phi) is 7.10. The average Bonchev–Trinajstić information content (AvgIpc) is 2.02. The van der Waals surface area contributed by atoms with Gasteiger partial charge >= 0.3 is 0 Å². The maximum atomic E-state index is 10.6. The van der Waals surface area contributed by atoms with E-state index in [9.17, 15) is 4.79 Å². The first-order valence-corrected chi connectivity index (χ1v) is 5.29. The van der Waals surface area contributed by atoms with Crippen molar-refractivity contribution in [1.29, 1.82) is 0 Å². The lowest BCUT2D eigenvalue weighted by molar-refractivity contribution is -0.118. The van der Waals surface area contributed by atoms with Crippen LogP contribution in [0, 0.1) is 0 Å². The number of hydrogen-bond acceptors (Lipinski definition) is 2. The zero-order valence-electron chi connectivity index (χ0n) is 8.80. The monoisotopic (exact) mass is 217 g/mol. The number of nitrogens with one attached hydrogen (secondary N) is 2. The molecule has 5 heteroatoms. The van der Waals surface area contributed by atoms with Crippen molar-refractivity contribution in [2.45, 2.75) is 39.2 Å². The molecular formula is C9H19N3OS. The van der Waals surface area contributed by atoms with Crippen molar-refractivity contribution in [3.05, 3.63) is 0 Å². The summed E-state index contributed by atoms with van der Waals surface area (Å²) in [5, 5.41) is 6.64. The van der Waals surface area contributed by atoms with Crippen molar-refractivity contribution in [3.63, 3.8) is 0 Å². The van der Waals surface area contributed by atoms with Gasteiger partial charge in [0.15, 0.2) is 5.11 Å². The number of amides is 1. The number of rotatable bonds is 6. The summed E-state index contributed by atoms with van der Waals surface area (Å²) in [5.41, 5.74) is 5.05. The molecule has 0 saturated carbocycles. The second kappa shape index (κ2) is 7.55. The molecule has 1 atom stereocenters. The fraction of sp³-hybridized carbons (Fsp3) is 0.778. The van der Waals surface area contributed by atoms with Crippen LogP contribution >= 0.6 is 12.2 Å². The van der Waals surface area contributed by atoms with Crippen LogP contribution in [-0.2, 0) is 4.79 Å². The summed E-state index contributed by atoms with van der Waals surface area (Å²) in [6.07, 6.45) is 2.52. The molecule has 0 fully saturated rings. The van der Waals surface area contributed by atoms with E-state index < -0.39 is 0 Å². The highest BCUT2D eigenvalue weighted by atomic mass is 32.1. The molecule has 0 spiro atoms. The summed E-state index contributed by atoms with van der Waals surface area (Å²) < 4.78 is 0. The van der Waals surface area contributed by atoms with Crippen molar-refractivity contribution >= 4 is 23.2 Å². The topological polar surface area (TPSA) is 67.2 Å². The predicted molar refractivity (Wildman–Crippen MR) is 61.9 cm³/mol. The van der Waals surface area contributed by atoms with Crippen molar-refractivity contribution in [2.24, 2.45) is 5.73 Å². The first kappa shape index (κ1) is 13.2. The fourth-order valence-corrected chi connectivity index (χ4v) is 1.31. The Balaban J connectivity index is 3.55. The van der Waals surface area contributed by atoms with Gasteiger partial charge in [-0.3, -0.25) is 4.79 Å². The normalized spacial score (nSPS) is 11.9. The van der Waals surface area contributed by atoms with Crippen LogP contribution < -0.4 is 16.4 Å². The van der Waals surface area contributed by atoms with Crippen molar-refractivity contribution in [1.82, 2.24) is 10.6 Å². The minimum absolute atomic E-state index is 0.00544. The van der Waals surface area contributed by atoms with Crippen LogP contribution in [0.4, 0.5) is 0 Å². The molecule has 0 bridgehead atoms. The Labute approximate surface area is 90.6 Å². The summed E-state index contributed by atoms with van der Waals surface area (Å²) in [6.45, 7) is 4.86. The van der Waals surface area contributed by atoms with Crippen molar-refractivity contribution in [2.75, 3.05) is 6.54 Å². The van der Waals surface area contributed by atoms with E-state index in [0.717, 1.165) is 19.4 Å². The standard InChI is InChI=1S/C9H19N3OS/c1-3-4-5-11-9(14)12-7(2)6-8(10)13/h7H,3-6H2,1-2H3,(H2,10,13)(H2,11,12,14). The molecule has 1 unspecified atom stereocenters. The fourth-order valence-electron chi connectivity index (χ4n) is 1.01. The molecular weight excluding hydrogens is 198 g/mol. The lowest BCUT2D eigenvalue weighted by Gasteiger charge is -2.15. The van der Waals surface area contributed by atoms with E-state index in [1.54, 1.807) is 0 Å². The zero-order chi connectivity index (χ0) is 11.0. The Hall–Kier alpha value is -0.840. The minimum Gasteiger partial charge on any atom is -0.370 e. The molecule has 4 N–H and O–H groups in total. The summed E-state index contributed by atoms with van der Waals surface area (Å²) in [7, 11) is 0. The van der Waals surface area contributed by atoms with Crippen LogP contribution in [0.2, 0.25) is 0 Å². The Morgan fingerprint density at radius 2 is 2.21 bits per heavy atom. The SMILES string of the molecule is CCCCNC(=S)NC(C)CC(N)=O. The van der Waals surface area contributed by atoms with Crippen molar-refractivity contribution in [3.8, 4) is 0 Å². The van der Waals surface area contributed by atoms with Crippen LogP contribution in [0.3, 0.4) is 0 Å². The van der Waals surface area contributed by atoms with Gasteiger partial charge in [0.2, 0.25) is 5.91 Å². The quantitative estimate of drug-likeness (QED) is 0.448. The average molecular weight is 217 g/mol. The molecule has 0 rings (SSSR count). The Bertz CT molecular complexity index is 196. The van der Waals surface area contributed by atoms with Crippen LogP contribution in [0.5, 0.6) is 0 Å². The number of carbonyl (C=O) groups is 1. The molecule has 0 heterocycles. The largest absolute Gasteiger partial charge is 0.370 e. The van der Waals surface area contributed by atoms with Crippen LogP contribution in [-0.4, -0.2) is 23.6 Å². The van der Waals surface area contributed by atoms with Crippen LogP contribution in [0.1, 0.15) is 33.1 Å². The van der Waals surface area contributed by atoms with Crippen LogP contribution in [0.15, 0.2) is 0 Å². The van der Waals surface area contributed by atoms with E-state index in [-0.39, 0.29) is 11.9 Å². The predicted octanol–water partition coefficient (Wildman–Crippen LogP) is 0.514. The van der Waals surface area contributed by atoms with Crippen LogP contribution in [0.25, 0.3) is 0 Å². The van der Waals surface area contributed by atoms with E-state index in [4.69, 9.17) is 18.0 Å². The summed E-state index contributed by atoms with van der Waals surface area (Å²) >= 11 is 5.02. The number of primary amides is 1. The molecule has 1 amide bonds. The maximum absolute atomic E-state index is 10.6. The summed E-state index contributed by atoms with van der Waals surface area (Å²) in [5.74, 6) is -0.318. The van der Waals surface area contributed by atoms with E-state index in [2.05, 4.69) is 17.6 Å². The Morgan fingerprint density at radius 1 is 1.57 bits per heavy atom. The van der Waals surface area contributed by atoms with Crippen molar-refractivity contribution < 1.29 is 4.79 Å². The number of hydrogen-bond donors (Lipinski definition) is 3. The number of carbonyl (C=O) groups excluding carboxylic acids is 1. The van der Waals surface area contributed by atoms with E-state index in [1.807, 2.05) is 6.92 Å². The van der Waals surface area contributed by atoms with Gasteiger partial charge in [0.1, 0.15) is 0 Å². The van der Waals surface area contributed by atoms with Gasteiger partial charge in [0, 0.05) is 19.0 Å².